The van der Waals surface area contributed by atoms with Gasteiger partial charge in [-0.2, -0.15) is 0 Å². The number of rotatable bonds is 9. The van der Waals surface area contributed by atoms with Crippen LogP contribution in [0.5, 0.6) is 5.75 Å². The van der Waals surface area contributed by atoms with E-state index in [1.54, 1.807) is 4.90 Å². The van der Waals surface area contributed by atoms with Crippen LogP contribution in [0.2, 0.25) is 0 Å². The lowest BCUT2D eigenvalue weighted by Gasteiger charge is -2.26. The van der Waals surface area contributed by atoms with E-state index in [2.05, 4.69) is 31.2 Å². The number of hydrogen-bond donors (Lipinski definition) is 2. The van der Waals surface area contributed by atoms with Gasteiger partial charge in [-0.05, 0) is 29.7 Å². The van der Waals surface area contributed by atoms with E-state index in [9.17, 15) is 5.11 Å². The molecule has 2 aromatic carbocycles. The summed E-state index contributed by atoms with van der Waals surface area (Å²) in [5.41, 5.74) is 2.20. The number of likely N-dealkylation sites (tertiary alicyclic amines) is 1. The first-order valence-electron chi connectivity index (χ1n) is 10.1. The molecule has 3 nitrogen and oxygen atoms in total. The van der Waals surface area contributed by atoms with Crippen LogP contribution < -0.4 is 9.64 Å². The normalized spacial score (nSPS) is 17.2. The molecule has 0 saturated carbocycles. The van der Waals surface area contributed by atoms with Crippen molar-refractivity contribution in [3.05, 3.63) is 65.7 Å². The average molecular weight is 355 g/mol. The fourth-order valence-corrected chi connectivity index (χ4v) is 3.83. The van der Waals surface area contributed by atoms with Gasteiger partial charge in [0.25, 0.3) is 0 Å². The second-order valence-corrected chi connectivity index (χ2v) is 7.39. The zero-order valence-electron chi connectivity index (χ0n) is 15.9. The van der Waals surface area contributed by atoms with Gasteiger partial charge < -0.3 is 14.7 Å². The van der Waals surface area contributed by atoms with Gasteiger partial charge in [-0.3, -0.25) is 0 Å². The van der Waals surface area contributed by atoms with Crippen LogP contribution in [0.15, 0.2) is 54.6 Å². The Hall–Kier alpha value is -1.84. The number of benzene rings is 2. The van der Waals surface area contributed by atoms with E-state index < -0.39 is 6.10 Å². The minimum absolute atomic E-state index is 0.121. The van der Waals surface area contributed by atoms with E-state index in [1.165, 1.54) is 31.5 Å². The summed E-state index contributed by atoms with van der Waals surface area (Å²) < 4.78 is 5.75. The van der Waals surface area contributed by atoms with Crippen LogP contribution in [-0.4, -0.2) is 31.3 Å². The Bertz CT molecular complexity index is 635. The zero-order chi connectivity index (χ0) is 18.2. The largest absolute Gasteiger partial charge is 0.494 e. The summed E-state index contributed by atoms with van der Waals surface area (Å²) in [5, 5.41) is 11.1. The van der Waals surface area contributed by atoms with Crippen LogP contribution in [0.4, 0.5) is 0 Å². The van der Waals surface area contributed by atoms with Gasteiger partial charge in [0.1, 0.15) is 5.75 Å². The number of aliphatic hydroxyl groups is 1. The third kappa shape index (κ3) is 5.09. The Kier molecular flexibility index (Phi) is 7.10. The molecule has 0 unspecified atom stereocenters. The highest BCUT2D eigenvalue weighted by Gasteiger charge is 2.28. The summed E-state index contributed by atoms with van der Waals surface area (Å²) in [6, 6.07) is 18.5. The summed E-state index contributed by atoms with van der Waals surface area (Å²) in [7, 11) is 0. The van der Waals surface area contributed by atoms with Crippen LogP contribution in [0.25, 0.3) is 0 Å². The molecular weight excluding hydrogens is 322 g/mol. The van der Waals surface area contributed by atoms with Crippen molar-refractivity contribution < 1.29 is 14.7 Å². The Balaban J connectivity index is 1.72. The molecule has 1 heterocycles. The number of quaternary nitrogens is 1. The molecule has 2 N–H and O–H groups in total. The van der Waals surface area contributed by atoms with Crippen molar-refractivity contribution in [3.8, 4) is 5.75 Å². The maximum atomic E-state index is 11.1. The Morgan fingerprint density at radius 2 is 1.65 bits per heavy atom. The first kappa shape index (κ1) is 18.9. The highest BCUT2D eigenvalue weighted by Crippen LogP contribution is 2.31. The third-order valence-electron chi connectivity index (χ3n) is 5.42. The lowest BCUT2D eigenvalue weighted by atomic mass is 9.88. The summed E-state index contributed by atoms with van der Waals surface area (Å²) in [5.74, 6) is 1.01. The highest BCUT2D eigenvalue weighted by molar-refractivity contribution is 5.31. The lowest BCUT2D eigenvalue weighted by Crippen LogP contribution is -3.10. The molecule has 0 radical (unpaired) electrons. The van der Waals surface area contributed by atoms with Gasteiger partial charge in [0, 0.05) is 12.8 Å². The molecule has 0 aliphatic carbocycles. The highest BCUT2D eigenvalue weighted by atomic mass is 16.5. The molecule has 0 aromatic heterocycles. The standard InChI is InChI=1S/C23H31NO2/c1-2-3-17-26-21-13-11-20(12-14-21)23(25)22(18-24-15-7-8-16-24)19-9-5-4-6-10-19/h4-6,9-14,22-23,25H,2-3,7-8,15-18H2,1H3/p+1/t22-,23-/m1/s1. The third-order valence-corrected chi connectivity index (χ3v) is 5.42. The molecule has 2 atom stereocenters. The monoisotopic (exact) mass is 354 g/mol. The maximum Gasteiger partial charge on any atom is 0.119 e. The quantitative estimate of drug-likeness (QED) is 0.677. The number of aliphatic hydroxyl groups excluding tert-OH is 1. The molecule has 0 bridgehead atoms. The number of unbranched alkanes of at least 4 members (excludes halogenated alkanes) is 1. The maximum absolute atomic E-state index is 11.1. The molecule has 0 spiro atoms. The molecule has 1 aliphatic heterocycles. The Morgan fingerprint density at radius 1 is 0.962 bits per heavy atom. The van der Waals surface area contributed by atoms with Gasteiger partial charge in [0.15, 0.2) is 0 Å². The second-order valence-electron chi connectivity index (χ2n) is 7.39. The van der Waals surface area contributed by atoms with Gasteiger partial charge in [0.05, 0.1) is 38.3 Å². The van der Waals surface area contributed by atoms with Crippen molar-refractivity contribution in [1.29, 1.82) is 0 Å². The molecule has 0 amide bonds. The summed E-state index contributed by atoms with van der Waals surface area (Å²) >= 11 is 0. The molecule has 3 rings (SSSR count). The molecule has 2 aromatic rings. The average Bonchev–Trinajstić information content (AvgIpc) is 3.20. The van der Waals surface area contributed by atoms with Crippen molar-refractivity contribution in [3.63, 3.8) is 0 Å². The van der Waals surface area contributed by atoms with Crippen molar-refractivity contribution >= 4 is 0 Å². The van der Waals surface area contributed by atoms with Crippen molar-refractivity contribution in [2.75, 3.05) is 26.2 Å². The van der Waals surface area contributed by atoms with E-state index in [-0.39, 0.29) is 5.92 Å². The van der Waals surface area contributed by atoms with E-state index in [4.69, 9.17) is 4.74 Å². The molecule has 140 valence electrons. The summed E-state index contributed by atoms with van der Waals surface area (Å²) in [6.45, 7) is 6.35. The van der Waals surface area contributed by atoms with Crippen molar-refractivity contribution in [1.82, 2.24) is 0 Å². The number of nitrogens with one attached hydrogen (secondary N) is 1. The number of hydrogen-bond acceptors (Lipinski definition) is 2. The van der Waals surface area contributed by atoms with Gasteiger partial charge in [0.2, 0.25) is 0 Å². The van der Waals surface area contributed by atoms with Crippen LogP contribution in [0.3, 0.4) is 0 Å². The number of ether oxygens (including phenoxy) is 1. The summed E-state index contributed by atoms with van der Waals surface area (Å²) in [4.78, 5) is 1.61. The molecule has 26 heavy (non-hydrogen) atoms. The van der Waals surface area contributed by atoms with E-state index in [0.29, 0.717) is 0 Å². The van der Waals surface area contributed by atoms with E-state index in [1.807, 2.05) is 30.3 Å². The van der Waals surface area contributed by atoms with Crippen LogP contribution in [0, 0.1) is 0 Å². The molecule has 1 fully saturated rings. The van der Waals surface area contributed by atoms with E-state index in [0.717, 1.165) is 37.3 Å². The smallest absolute Gasteiger partial charge is 0.119 e. The first-order chi connectivity index (χ1) is 12.8. The second kappa shape index (κ2) is 9.75. The Labute approximate surface area is 157 Å². The predicted molar refractivity (Wildman–Crippen MR) is 106 cm³/mol. The molecule has 3 heteroatoms. The molecule has 1 aliphatic rings. The van der Waals surface area contributed by atoms with Crippen molar-refractivity contribution in [2.45, 2.75) is 44.6 Å². The Morgan fingerprint density at radius 3 is 2.31 bits per heavy atom. The zero-order valence-corrected chi connectivity index (χ0v) is 15.9. The predicted octanol–water partition coefficient (Wildman–Crippen LogP) is 3.36. The lowest BCUT2D eigenvalue weighted by molar-refractivity contribution is -0.889. The van der Waals surface area contributed by atoms with E-state index >= 15 is 0 Å². The van der Waals surface area contributed by atoms with Gasteiger partial charge in [-0.25, -0.2) is 0 Å². The van der Waals surface area contributed by atoms with Crippen molar-refractivity contribution in [2.24, 2.45) is 0 Å². The fraction of sp³-hybridized carbons (Fsp3) is 0.478. The SMILES string of the molecule is CCCCOc1ccc([C@@H](O)[C@H](C[NH+]2CCCC2)c2ccccc2)cc1. The molecule has 1 saturated heterocycles. The molecular formula is C23H32NO2+. The van der Waals surface area contributed by atoms with Gasteiger partial charge in [-0.1, -0.05) is 55.8 Å². The topological polar surface area (TPSA) is 33.9 Å². The van der Waals surface area contributed by atoms with Gasteiger partial charge >= 0.3 is 0 Å². The fourth-order valence-electron chi connectivity index (χ4n) is 3.83. The van der Waals surface area contributed by atoms with Crippen LogP contribution in [0.1, 0.15) is 55.8 Å². The summed E-state index contributed by atoms with van der Waals surface area (Å²) in [6.07, 6.45) is 4.32. The van der Waals surface area contributed by atoms with Crippen LogP contribution in [-0.2, 0) is 0 Å². The first-order valence-corrected chi connectivity index (χ1v) is 10.1. The van der Waals surface area contributed by atoms with Gasteiger partial charge in [-0.15, -0.1) is 0 Å². The minimum atomic E-state index is -0.491. The van der Waals surface area contributed by atoms with Crippen LogP contribution >= 0.6 is 0 Å². The minimum Gasteiger partial charge on any atom is -0.494 e.